The number of carbonyl (C=O) groups excluding carboxylic acids is 2. The zero-order valence-corrected chi connectivity index (χ0v) is 17.5. The summed E-state index contributed by atoms with van der Waals surface area (Å²) in [5.41, 5.74) is -1.04. The first kappa shape index (κ1) is 20.7. The molecule has 158 valence electrons. The van der Waals surface area contributed by atoms with Crippen LogP contribution in [0.4, 0.5) is 16.2 Å². The molecular formula is C23H26ClN3O3. The highest BCUT2D eigenvalue weighted by Gasteiger charge is 2.52. The average molecular weight is 428 g/mol. The molecule has 1 aliphatic heterocycles. The Morgan fingerprint density at radius 1 is 1.03 bits per heavy atom. The lowest BCUT2D eigenvalue weighted by atomic mass is 9.92. The van der Waals surface area contributed by atoms with Crippen molar-refractivity contribution < 1.29 is 14.7 Å². The molecule has 0 unspecified atom stereocenters. The molecule has 0 saturated heterocycles. The van der Waals surface area contributed by atoms with E-state index in [1.165, 1.54) is 6.42 Å². The first-order valence-electron chi connectivity index (χ1n) is 10.5. The summed E-state index contributed by atoms with van der Waals surface area (Å²) in [6.45, 7) is 0. The van der Waals surface area contributed by atoms with Gasteiger partial charge in [0.05, 0.1) is 5.69 Å². The number of nitrogens with zero attached hydrogens (tertiary/aromatic N) is 1. The largest absolute Gasteiger partial charge is 0.359 e. The Morgan fingerprint density at radius 3 is 2.37 bits per heavy atom. The van der Waals surface area contributed by atoms with Crippen LogP contribution in [0.1, 0.15) is 50.5 Å². The number of para-hydroxylation sites is 1. The van der Waals surface area contributed by atoms with E-state index in [4.69, 9.17) is 11.6 Å². The smallest absolute Gasteiger partial charge is 0.329 e. The van der Waals surface area contributed by atoms with E-state index >= 15 is 0 Å². The maximum absolute atomic E-state index is 13.5. The summed E-state index contributed by atoms with van der Waals surface area (Å²) in [4.78, 5) is 27.6. The third-order valence-corrected chi connectivity index (χ3v) is 6.16. The van der Waals surface area contributed by atoms with Crippen molar-refractivity contribution in [1.82, 2.24) is 5.32 Å². The van der Waals surface area contributed by atoms with Crippen molar-refractivity contribution in [3.63, 3.8) is 0 Å². The molecule has 0 bridgehead atoms. The molecule has 0 radical (unpaired) electrons. The van der Waals surface area contributed by atoms with E-state index in [1.807, 2.05) is 0 Å². The van der Waals surface area contributed by atoms with Crippen molar-refractivity contribution >= 4 is 34.9 Å². The molecule has 6 nitrogen and oxygen atoms in total. The number of carbonyl (C=O) groups is 2. The van der Waals surface area contributed by atoms with Crippen LogP contribution < -0.4 is 15.5 Å². The van der Waals surface area contributed by atoms with E-state index in [1.54, 1.807) is 48.5 Å². The number of benzene rings is 2. The van der Waals surface area contributed by atoms with Crippen molar-refractivity contribution in [1.29, 1.82) is 0 Å². The number of nitrogens with one attached hydrogen (secondary N) is 2. The number of rotatable bonds is 3. The molecule has 1 saturated carbocycles. The lowest BCUT2D eigenvalue weighted by Gasteiger charge is -2.43. The third-order valence-electron chi connectivity index (χ3n) is 5.91. The maximum Gasteiger partial charge on any atom is 0.329 e. The van der Waals surface area contributed by atoms with Crippen LogP contribution in [0.2, 0.25) is 5.02 Å². The first-order chi connectivity index (χ1) is 14.5. The Balaban J connectivity index is 1.73. The number of aliphatic hydroxyl groups is 1. The van der Waals surface area contributed by atoms with Crippen LogP contribution in [0.3, 0.4) is 0 Å². The number of hydrogen-bond acceptors (Lipinski definition) is 3. The van der Waals surface area contributed by atoms with E-state index in [-0.39, 0.29) is 6.04 Å². The van der Waals surface area contributed by atoms with Gasteiger partial charge in [-0.1, -0.05) is 61.9 Å². The van der Waals surface area contributed by atoms with E-state index < -0.39 is 17.7 Å². The molecule has 1 heterocycles. The van der Waals surface area contributed by atoms with Crippen LogP contribution in [-0.2, 0) is 10.5 Å². The second-order valence-electron chi connectivity index (χ2n) is 7.98. The molecular weight excluding hydrogens is 402 g/mol. The molecule has 1 fully saturated rings. The second-order valence-corrected chi connectivity index (χ2v) is 8.41. The normalized spacial score (nSPS) is 22.5. The monoisotopic (exact) mass is 427 g/mol. The predicted octanol–water partition coefficient (Wildman–Crippen LogP) is 4.77. The highest BCUT2D eigenvalue weighted by atomic mass is 35.5. The van der Waals surface area contributed by atoms with Gasteiger partial charge in [0.25, 0.3) is 11.6 Å². The van der Waals surface area contributed by atoms with Gasteiger partial charge in [0.2, 0.25) is 0 Å². The predicted molar refractivity (Wildman–Crippen MR) is 118 cm³/mol. The van der Waals surface area contributed by atoms with E-state index in [9.17, 15) is 14.7 Å². The number of fused-ring (bicyclic) bond motifs is 1. The molecule has 7 heteroatoms. The molecule has 3 amide bonds. The molecule has 1 aliphatic carbocycles. The maximum atomic E-state index is 13.5. The Hall–Kier alpha value is -2.57. The van der Waals surface area contributed by atoms with Crippen LogP contribution in [0, 0.1) is 0 Å². The van der Waals surface area contributed by atoms with Crippen molar-refractivity contribution in [3.8, 4) is 0 Å². The summed E-state index contributed by atoms with van der Waals surface area (Å²) in [6.07, 6.45) is 7.36. The molecule has 0 spiro atoms. The first-order valence-corrected chi connectivity index (χ1v) is 10.9. The Labute approximate surface area is 181 Å². The van der Waals surface area contributed by atoms with Crippen LogP contribution in [0.25, 0.3) is 0 Å². The van der Waals surface area contributed by atoms with E-state index in [0.717, 1.165) is 43.4 Å². The summed E-state index contributed by atoms with van der Waals surface area (Å²) < 4.78 is 0. The molecule has 30 heavy (non-hydrogen) atoms. The van der Waals surface area contributed by atoms with Gasteiger partial charge < -0.3 is 15.7 Å². The molecule has 2 aromatic rings. The summed E-state index contributed by atoms with van der Waals surface area (Å²) in [7, 11) is 0. The van der Waals surface area contributed by atoms with Crippen molar-refractivity contribution in [2.75, 3.05) is 10.2 Å². The van der Waals surface area contributed by atoms with Crippen LogP contribution in [0.15, 0.2) is 48.5 Å². The summed E-state index contributed by atoms with van der Waals surface area (Å²) in [5, 5.41) is 18.1. The molecule has 0 aromatic heterocycles. The van der Waals surface area contributed by atoms with Gasteiger partial charge in [0.1, 0.15) is 0 Å². The molecule has 3 N–H and O–H groups in total. The minimum Gasteiger partial charge on any atom is -0.359 e. The molecule has 1 atom stereocenters. The number of hydrogen-bond donors (Lipinski definition) is 3. The fourth-order valence-electron chi connectivity index (χ4n) is 4.34. The van der Waals surface area contributed by atoms with Gasteiger partial charge >= 0.3 is 6.03 Å². The Morgan fingerprint density at radius 2 is 1.67 bits per heavy atom. The lowest BCUT2D eigenvalue weighted by Crippen LogP contribution is -2.63. The summed E-state index contributed by atoms with van der Waals surface area (Å²) >= 11 is 6.00. The molecule has 4 rings (SSSR count). The van der Waals surface area contributed by atoms with Gasteiger partial charge in [-0.3, -0.25) is 9.69 Å². The fraction of sp³-hybridized carbons (Fsp3) is 0.391. The standard InChI is InChI=1S/C23H26ClN3O3/c24-16-12-14-18(15-13-16)27-22(29)26-20-11-7-6-10-19(20)23(27,30)21(28)25-17-8-4-2-1-3-5-9-17/h6-7,10-15,17,30H,1-5,8-9H2,(H,25,28)(H,26,29)/t23-/m0/s1. The van der Waals surface area contributed by atoms with E-state index in [0.29, 0.717) is 22.0 Å². The quantitative estimate of drug-likeness (QED) is 0.660. The minimum atomic E-state index is -2.17. The molecule has 2 aliphatic rings. The zero-order valence-electron chi connectivity index (χ0n) is 16.7. The highest BCUT2D eigenvalue weighted by molar-refractivity contribution is 6.30. The van der Waals surface area contributed by atoms with Crippen LogP contribution >= 0.6 is 11.6 Å². The Kier molecular flexibility index (Phi) is 5.97. The fourth-order valence-corrected chi connectivity index (χ4v) is 4.47. The number of anilines is 2. The van der Waals surface area contributed by atoms with Crippen LogP contribution in [-0.4, -0.2) is 23.1 Å². The van der Waals surface area contributed by atoms with Crippen molar-refractivity contribution in [2.45, 2.75) is 56.7 Å². The summed E-state index contributed by atoms with van der Waals surface area (Å²) in [6, 6.07) is 12.7. The summed E-state index contributed by atoms with van der Waals surface area (Å²) in [5.74, 6) is -0.592. The third kappa shape index (κ3) is 3.89. The second kappa shape index (κ2) is 8.66. The topological polar surface area (TPSA) is 81.7 Å². The highest BCUT2D eigenvalue weighted by Crippen LogP contribution is 2.40. The van der Waals surface area contributed by atoms with Crippen molar-refractivity contribution in [2.24, 2.45) is 0 Å². The number of halogens is 1. The minimum absolute atomic E-state index is 0.0222. The van der Waals surface area contributed by atoms with Gasteiger partial charge in [0, 0.05) is 22.3 Å². The van der Waals surface area contributed by atoms with Gasteiger partial charge in [-0.05, 0) is 43.2 Å². The average Bonchev–Trinajstić information content (AvgIpc) is 2.71. The zero-order chi connectivity index (χ0) is 21.1. The number of urea groups is 1. The molecule has 2 aromatic carbocycles. The SMILES string of the molecule is O=C1Nc2ccccc2[C@](O)(C(=O)NC2CCCCCCC2)N1c1ccc(Cl)cc1. The van der Waals surface area contributed by atoms with Gasteiger partial charge in [0.15, 0.2) is 0 Å². The van der Waals surface area contributed by atoms with Crippen LogP contribution in [0.5, 0.6) is 0 Å². The van der Waals surface area contributed by atoms with E-state index in [2.05, 4.69) is 10.6 Å². The Bertz CT molecular complexity index is 926. The lowest BCUT2D eigenvalue weighted by molar-refractivity contribution is -0.141. The van der Waals surface area contributed by atoms with Gasteiger partial charge in [-0.25, -0.2) is 4.79 Å². The number of amides is 3. The van der Waals surface area contributed by atoms with Gasteiger partial charge in [-0.15, -0.1) is 0 Å². The van der Waals surface area contributed by atoms with Crippen molar-refractivity contribution in [3.05, 3.63) is 59.1 Å². The van der Waals surface area contributed by atoms with Gasteiger partial charge in [-0.2, -0.15) is 0 Å².